The molecule has 0 aliphatic carbocycles. The fourth-order valence-electron chi connectivity index (χ4n) is 4.60. The van der Waals surface area contributed by atoms with Crippen LogP contribution in [0.1, 0.15) is 40.2 Å². The molecule has 1 saturated heterocycles. The summed E-state index contributed by atoms with van der Waals surface area (Å²) in [7, 11) is 0. The fourth-order valence-corrected chi connectivity index (χ4v) is 4.60. The Kier molecular flexibility index (Phi) is 6.21. The van der Waals surface area contributed by atoms with Crippen molar-refractivity contribution in [2.75, 3.05) is 13.2 Å². The highest BCUT2D eigenvalue weighted by molar-refractivity contribution is 5.95. The molecule has 3 heterocycles. The lowest BCUT2D eigenvalue weighted by Gasteiger charge is -2.38. The van der Waals surface area contributed by atoms with Gasteiger partial charge in [0.05, 0.1) is 16.8 Å². The molecular weight excluding hydrogens is 452 g/mol. The molecule has 4 aromatic rings. The smallest absolute Gasteiger partial charge is 0.270 e. The van der Waals surface area contributed by atoms with Crippen LogP contribution in [0.5, 0.6) is 5.75 Å². The molecule has 2 aromatic heterocycles. The van der Waals surface area contributed by atoms with Gasteiger partial charge in [-0.3, -0.25) is 9.20 Å². The van der Waals surface area contributed by atoms with Crippen LogP contribution in [0.25, 0.3) is 5.65 Å². The van der Waals surface area contributed by atoms with Gasteiger partial charge in [-0.2, -0.15) is 0 Å². The van der Waals surface area contributed by atoms with Crippen molar-refractivity contribution in [3.63, 3.8) is 0 Å². The maximum Gasteiger partial charge on any atom is 0.270 e. The van der Waals surface area contributed by atoms with Crippen LogP contribution in [-0.2, 0) is 16.9 Å². The minimum Gasteiger partial charge on any atom is -0.485 e. The molecule has 180 valence electrons. The number of imidazole rings is 1. The molecule has 0 unspecified atom stereocenters. The van der Waals surface area contributed by atoms with Gasteiger partial charge in [-0.25, -0.2) is 13.8 Å². The number of halogens is 2. The lowest BCUT2D eigenvalue weighted by molar-refractivity contribution is 0.0343. The Bertz CT molecular complexity index is 1340. The van der Waals surface area contributed by atoms with Crippen molar-refractivity contribution in [2.24, 2.45) is 0 Å². The number of aromatic nitrogens is 2. The second-order valence-electron chi connectivity index (χ2n) is 8.62. The van der Waals surface area contributed by atoms with E-state index in [-0.39, 0.29) is 18.1 Å². The van der Waals surface area contributed by atoms with Crippen LogP contribution < -0.4 is 10.1 Å². The van der Waals surface area contributed by atoms with E-state index in [1.165, 1.54) is 18.2 Å². The third-order valence-electron chi connectivity index (χ3n) is 6.46. The molecule has 1 aliphatic rings. The molecule has 1 amide bonds. The first kappa shape index (κ1) is 23.0. The predicted octanol–water partition coefficient (Wildman–Crippen LogP) is 4.94. The van der Waals surface area contributed by atoms with Crippen LogP contribution in [0.3, 0.4) is 0 Å². The zero-order chi connectivity index (χ0) is 24.4. The van der Waals surface area contributed by atoms with Crippen molar-refractivity contribution in [1.82, 2.24) is 14.7 Å². The van der Waals surface area contributed by atoms with Gasteiger partial charge in [-0.15, -0.1) is 0 Å². The number of carbonyl (C=O) groups excluding carboxylic acids is 1. The lowest BCUT2D eigenvalue weighted by Crippen LogP contribution is -2.49. The van der Waals surface area contributed by atoms with E-state index >= 15 is 0 Å². The van der Waals surface area contributed by atoms with Crippen molar-refractivity contribution >= 4 is 11.6 Å². The molecule has 0 radical (unpaired) electrons. The number of benzene rings is 2. The third kappa shape index (κ3) is 4.37. The highest BCUT2D eigenvalue weighted by atomic mass is 19.1. The first-order valence-electron chi connectivity index (χ1n) is 11.5. The van der Waals surface area contributed by atoms with Gasteiger partial charge in [0.1, 0.15) is 23.9 Å². The van der Waals surface area contributed by atoms with Gasteiger partial charge in [-0.1, -0.05) is 36.4 Å². The molecule has 0 saturated carbocycles. The number of amides is 1. The Morgan fingerprint density at radius 1 is 1.06 bits per heavy atom. The van der Waals surface area contributed by atoms with Crippen molar-refractivity contribution in [1.29, 1.82) is 0 Å². The van der Waals surface area contributed by atoms with Crippen LogP contribution in [-0.4, -0.2) is 28.5 Å². The molecule has 35 heavy (non-hydrogen) atoms. The van der Waals surface area contributed by atoms with Gasteiger partial charge in [-0.05, 0) is 49.6 Å². The standard InChI is InChI=1S/C27H25F2N3O3/c1-18-24(26(33)31-27(12-15-34-16-13-27)19-7-3-2-4-8-19)32-14-6-11-23(25(32)30-18)35-17-20-21(28)9-5-10-22(20)29/h2-11,14H,12-13,15-17H2,1H3,(H,31,33). The van der Waals surface area contributed by atoms with E-state index in [4.69, 9.17) is 9.47 Å². The van der Waals surface area contributed by atoms with Gasteiger partial charge >= 0.3 is 0 Å². The Morgan fingerprint density at radius 2 is 1.77 bits per heavy atom. The molecule has 5 rings (SSSR count). The SMILES string of the molecule is Cc1nc2c(OCc3c(F)cccc3F)cccn2c1C(=O)NC1(c2ccccc2)CCOCC1. The Labute approximate surface area is 201 Å². The van der Waals surface area contributed by atoms with Gasteiger partial charge in [0.25, 0.3) is 5.91 Å². The molecule has 0 spiro atoms. The van der Waals surface area contributed by atoms with Gasteiger partial charge in [0, 0.05) is 19.4 Å². The number of ether oxygens (including phenoxy) is 2. The fraction of sp³-hybridized carbons (Fsp3) is 0.259. The number of hydrogen-bond acceptors (Lipinski definition) is 4. The molecule has 1 N–H and O–H groups in total. The van der Waals surface area contributed by atoms with Crippen LogP contribution in [0.4, 0.5) is 8.78 Å². The average Bonchev–Trinajstić information content (AvgIpc) is 3.21. The molecule has 8 heteroatoms. The number of pyridine rings is 1. The molecule has 0 atom stereocenters. The molecule has 2 aromatic carbocycles. The number of hydrogen-bond donors (Lipinski definition) is 1. The summed E-state index contributed by atoms with van der Waals surface area (Å²) in [5.74, 6) is -1.31. The van der Waals surface area contributed by atoms with E-state index in [1.54, 1.807) is 29.7 Å². The van der Waals surface area contributed by atoms with Crippen molar-refractivity contribution < 1.29 is 23.0 Å². The number of fused-ring (bicyclic) bond motifs is 1. The van der Waals surface area contributed by atoms with Gasteiger partial charge in [0.2, 0.25) is 0 Å². The normalized spacial score (nSPS) is 15.2. The maximum atomic E-state index is 14.0. The third-order valence-corrected chi connectivity index (χ3v) is 6.46. The van der Waals surface area contributed by atoms with Crippen molar-refractivity contribution in [3.8, 4) is 5.75 Å². The van der Waals surface area contributed by atoms with E-state index in [0.717, 1.165) is 5.56 Å². The Hall–Kier alpha value is -3.78. The number of carbonyl (C=O) groups is 1. The maximum absolute atomic E-state index is 14.0. The predicted molar refractivity (Wildman–Crippen MR) is 126 cm³/mol. The first-order chi connectivity index (χ1) is 17.0. The zero-order valence-electron chi connectivity index (χ0n) is 19.3. The van der Waals surface area contributed by atoms with E-state index in [0.29, 0.717) is 48.8 Å². The van der Waals surface area contributed by atoms with E-state index in [2.05, 4.69) is 10.3 Å². The Morgan fingerprint density at radius 3 is 2.49 bits per heavy atom. The summed E-state index contributed by atoms with van der Waals surface area (Å²) in [5.41, 5.74) is 1.60. The summed E-state index contributed by atoms with van der Waals surface area (Å²) in [6.07, 6.45) is 3.03. The number of rotatable bonds is 6. The summed E-state index contributed by atoms with van der Waals surface area (Å²) < 4.78 is 41.0. The average molecular weight is 478 g/mol. The summed E-state index contributed by atoms with van der Waals surface area (Å²) in [5, 5.41) is 3.26. The minimum atomic E-state index is -0.681. The zero-order valence-corrected chi connectivity index (χ0v) is 19.3. The lowest BCUT2D eigenvalue weighted by atomic mass is 9.82. The highest BCUT2D eigenvalue weighted by Gasteiger charge is 2.37. The number of aryl methyl sites for hydroxylation is 1. The molecular formula is C27H25F2N3O3. The number of nitrogens with zero attached hydrogens (tertiary/aromatic N) is 2. The molecule has 0 bridgehead atoms. The topological polar surface area (TPSA) is 64.9 Å². The second kappa shape index (κ2) is 9.46. The largest absolute Gasteiger partial charge is 0.485 e. The van der Waals surface area contributed by atoms with Crippen LogP contribution in [0.2, 0.25) is 0 Å². The van der Waals surface area contributed by atoms with Crippen molar-refractivity contribution in [2.45, 2.75) is 31.9 Å². The highest BCUT2D eigenvalue weighted by Crippen LogP contribution is 2.33. The summed E-state index contributed by atoms with van der Waals surface area (Å²) in [6.45, 7) is 2.54. The van der Waals surface area contributed by atoms with Crippen molar-refractivity contribution in [3.05, 3.63) is 101 Å². The Balaban J connectivity index is 1.46. The summed E-state index contributed by atoms with van der Waals surface area (Å²) in [4.78, 5) is 18.2. The van der Waals surface area contributed by atoms with Gasteiger partial charge < -0.3 is 14.8 Å². The summed E-state index contributed by atoms with van der Waals surface area (Å²) in [6, 6.07) is 16.9. The molecule has 1 aliphatic heterocycles. The second-order valence-corrected chi connectivity index (χ2v) is 8.62. The summed E-state index contributed by atoms with van der Waals surface area (Å²) >= 11 is 0. The van der Waals surface area contributed by atoms with E-state index in [1.807, 2.05) is 30.3 Å². The minimum absolute atomic E-state index is 0.167. The van der Waals surface area contributed by atoms with Crippen LogP contribution >= 0.6 is 0 Å². The quantitative estimate of drug-likeness (QED) is 0.428. The molecule has 6 nitrogen and oxygen atoms in total. The van der Waals surface area contributed by atoms with E-state index < -0.39 is 17.2 Å². The van der Waals surface area contributed by atoms with E-state index in [9.17, 15) is 13.6 Å². The monoisotopic (exact) mass is 477 g/mol. The van der Waals surface area contributed by atoms with Gasteiger partial charge in [0.15, 0.2) is 11.4 Å². The first-order valence-corrected chi connectivity index (χ1v) is 11.5. The van der Waals surface area contributed by atoms with Crippen LogP contribution in [0, 0.1) is 18.6 Å². The molecule has 1 fully saturated rings. The number of nitrogens with one attached hydrogen (secondary N) is 1. The van der Waals surface area contributed by atoms with Crippen LogP contribution in [0.15, 0.2) is 66.9 Å².